The molecule has 0 amide bonds. The van der Waals surface area contributed by atoms with Crippen LogP contribution in [0.4, 0.5) is 4.39 Å². The fourth-order valence-corrected chi connectivity index (χ4v) is 2.31. The maximum Gasteiger partial charge on any atom is 0.196 e. The SMILES string of the molecule is O=C(c1ccc2nccnc2c1)c1cccc(Br)c1F. The Labute approximate surface area is 122 Å². The van der Waals surface area contributed by atoms with E-state index in [4.69, 9.17) is 0 Å². The Morgan fingerprint density at radius 3 is 2.60 bits per heavy atom. The highest BCUT2D eigenvalue weighted by atomic mass is 79.9. The van der Waals surface area contributed by atoms with Crippen molar-refractivity contribution in [2.75, 3.05) is 0 Å². The molecule has 0 spiro atoms. The number of carbonyl (C=O) groups excluding carboxylic acids is 1. The number of hydrogen-bond acceptors (Lipinski definition) is 3. The van der Waals surface area contributed by atoms with Crippen molar-refractivity contribution in [3.8, 4) is 0 Å². The van der Waals surface area contributed by atoms with Gasteiger partial charge in [0.05, 0.1) is 21.1 Å². The summed E-state index contributed by atoms with van der Waals surface area (Å²) in [6.45, 7) is 0. The molecule has 0 saturated heterocycles. The zero-order valence-electron chi connectivity index (χ0n) is 10.2. The van der Waals surface area contributed by atoms with Gasteiger partial charge >= 0.3 is 0 Å². The number of halogens is 2. The van der Waals surface area contributed by atoms with Gasteiger partial charge in [-0.25, -0.2) is 4.39 Å². The van der Waals surface area contributed by atoms with Crippen molar-refractivity contribution in [2.45, 2.75) is 0 Å². The van der Waals surface area contributed by atoms with Crippen molar-refractivity contribution in [1.29, 1.82) is 0 Å². The molecule has 0 radical (unpaired) electrons. The largest absolute Gasteiger partial charge is 0.288 e. The normalized spacial score (nSPS) is 10.7. The molecule has 2 aromatic carbocycles. The summed E-state index contributed by atoms with van der Waals surface area (Å²) in [5.41, 5.74) is 1.71. The molecule has 0 N–H and O–H groups in total. The van der Waals surface area contributed by atoms with Crippen LogP contribution in [0.5, 0.6) is 0 Å². The fourth-order valence-electron chi connectivity index (χ4n) is 1.94. The first kappa shape index (κ1) is 12.9. The number of benzene rings is 2. The summed E-state index contributed by atoms with van der Waals surface area (Å²) in [4.78, 5) is 20.6. The molecule has 20 heavy (non-hydrogen) atoms. The maximum absolute atomic E-state index is 14.0. The van der Waals surface area contributed by atoms with Gasteiger partial charge in [0.1, 0.15) is 5.82 Å². The van der Waals surface area contributed by atoms with Crippen LogP contribution in [-0.2, 0) is 0 Å². The molecule has 3 rings (SSSR count). The Bertz CT molecular complexity index is 820. The van der Waals surface area contributed by atoms with Crippen LogP contribution in [0.25, 0.3) is 11.0 Å². The van der Waals surface area contributed by atoms with E-state index in [1.807, 2.05) is 0 Å². The summed E-state index contributed by atoms with van der Waals surface area (Å²) in [6, 6.07) is 9.58. The van der Waals surface area contributed by atoms with Crippen LogP contribution in [0, 0.1) is 5.82 Å². The Morgan fingerprint density at radius 1 is 1.05 bits per heavy atom. The molecule has 0 aliphatic rings. The lowest BCUT2D eigenvalue weighted by molar-refractivity contribution is 0.103. The standard InChI is InChI=1S/C15H8BrFN2O/c16-11-3-1-2-10(14(11)17)15(20)9-4-5-12-13(8-9)19-7-6-18-12/h1-8H. The lowest BCUT2D eigenvalue weighted by Gasteiger charge is -2.05. The van der Waals surface area contributed by atoms with Crippen LogP contribution in [0.3, 0.4) is 0 Å². The van der Waals surface area contributed by atoms with Crippen molar-refractivity contribution in [1.82, 2.24) is 9.97 Å². The zero-order valence-corrected chi connectivity index (χ0v) is 11.8. The summed E-state index contributed by atoms with van der Waals surface area (Å²) in [5, 5.41) is 0. The topological polar surface area (TPSA) is 42.9 Å². The lowest BCUT2D eigenvalue weighted by atomic mass is 10.0. The van der Waals surface area contributed by atoms with Gasteiger partial charge in [0.2, 0.25) is 0 Å². The highest BCUT2D eigenvalue weighted by Crippen LogP contribution is 2.22. The molecule has 0 atom stereocenters. The molecule has 3 nitrogen and oxygen atoms in total. The van der Waals surface area contributed by atoms with Gasteiger partial charge in [0.25, 0.3) is 0 Å². The van der Waals surface area contributed by atoms with Crippen LogP contribution in [0.2, 0.25) is 0 Å². The molecular formula is C15H8BrFN2O. The van der Waals surface area contributed by atoms with E-state index in [9.17, 15) is 9.18 Å². The molecule has 98 valence electrons. The van der Waals surface area contributed by atoms with Crippen LogP contribution in [0.1, 0.15) is 15.9 Å². The molecule has 5 heteroatoms. The quantitative estimate of drug-likeness (QED) is 0.672. The third-order valence-electron chi connectivity index (χ3n) is 2.93. The van der Waals surface area contributed by atoms with Crippen molar-refractivity contribution < 1.29 is 9.18 Å². The van der Waals surface area contributed by atoms with Crippen molar-refractivity contribution in [3.63, 3.8) is 0 Å². The number of carbonyl (C=O) groups is 1. The zero-order chi connectivity index (χ0) is 14.1. The number of hydrogen-bond donors (Lipinski definition) is 0. The minimum absolute atomic E-state index is 0.0302. The van der Waals surface area contributed by atoms with E-state index in [0.29, 0.717) is 16.6 Å². The van der Waals surface area contributed by atoms with E-state index < -0.39 is 5.82 Å². The summed E-state index contributed by atoms with van der Waals surface area (Å²) in [7, 11) is 0. The third kappa shape index (κ3) is 2.20. The smallest absolute Gasteiger partial charge is 0.196 e. The Kier molecular flexibility index (Phi) is 3.28. The second kappa shape index (κ2) is 5.09. The Morgan fingerprint density at radius 2 is 1.80 bits per heavy atom. The molecule has 0 fully saturated rings. The van der Waals surface area contributed by atoms with Gasteiger partial charge < -0.3 is 0 Å². The fraction of sp³-hybridized carbons (Fsp3) is 0. The highest BCUT2D eigenvalue weighted by Gasteiger charge is 2.16. The van der Waals surface area contributed by atoms with Gasteiger partial charge in [0.15, 0.2) is 5.78 Å². The molecular weight excluding hydrogens is 323 g/mol. The summed E-state index contributed by atoms with van der Waals surface area (Å²) < 4.78 is 14.2. The number of aromatic nitrogens is 2. The first-order chi connectivity index (χ1) is 9.66. The van der Waals surface area contributed by atoms with Crippen LogP contribution in [-0.4, -0.2) is 15.8 Å². The molecule has 0 bridgehead atoms. The average molecular weight is 331 g/mol. The predicted molar refractivity (Wildman–Crippen MR) is 77.1 cm³/mol. The van der Waals surface area contributed by atoms with E-state index in [0.717, 1.165) is 0 Å². The van der Waals surface area contributed by atoms with E-state index in [1.165, 1.54) is 6.07 Å². The van der Waals surface area contributed by atoms with Crippen molar-refractivity contribution in [3.05, 3.63) is 70.2 Å². The summed E-state index contributed by atoms with van der Waals surface area (Å²) >= 11 is 3.08. The molecule has 0 aliphatic heterocycles. The van der Waals surface area contributed by atoms with Gasteiger partial charge in [-0.3, -0.25) is 14.8 Å². The molecule has 1 aromatic heterocycles. The van der Waals surface area contributed by atoms with Crippen molar-refractivity contribution >= 4 is 32.7 Å². The first-order valence-corrected chi connectivity index (χ1v) is 6.65. The number of nitrogens with zero attached hydrogens (tertiary/aromatic N) is 2. The van der Waals surface area contributed by atoms with Gasteiger partial charge in [-0.2, -0.15) is 0 Å². The van der Waals surface area contributed by atoms with Crippen LogP contribution in [0.15, 0.2) is 53.3 Å². The van der Waals surface area contributed by atoms with Gasteiger partial charge in [-0.15, -0.1) is 0 Å². The first-order valence-electron chi connectivity index (χ1n) is 5.86. The molecule has 0 unspecified atom stereocenters. The van der Waals surface area contributed by atoms with E-state index in [2.05, 4.69) is 25.9 Å². The minimum atomic E-state index is -0.559. The monoisotopic (exact) mass is 330 g/mol. The predicted octanol–water partition coefficient (Wildman–Crippen LogP) is 3.76. The minimum Gasteiger partial charge on any atom is -0.288 e. The summed E-state index contributed by atoms with van der Waals surface area (Å²) in [5.74, 6) is -0.937. The molecule has 0 saturated carbocycles. The molecule has 1 heterocycles. The van der Waals surface area contributed by atoms with Crippen molar-refractivity contribution in [2.24, 2.45) is 0 Å². The molecule has 3 aromatic rings. The summed E-state index contributed by atoms with van der Waals surface area (Å²) in [6.07, 6.45) is 3.13. The van der Waals surface area contributed by atoms with Gasteiger partial charge in [-0.05, 0) is 46.3 Å². The number of rotatable bonds is 2. The van der Waals surface area contributed by atoms with Gasteiger partial charge in [0, 0.05) is 18.0 Å². The highest BCUT2D eigenvalue weighted by molar-refractivity contribution is 9.10. The third-order valence-corrected chi connectivity index (χ3v) is 3.54. The van der Waals surface area contributed by atoms with Gasteiger partial charge in [-0.1, -0.05) is 6.07 Å². The Balaban J connectivity index is 2.10. The number of ketones is 1. The second-order valence-corrected chi connectivity index (χ2v) is 5.04. The van der Waals surface area contributed by atoms with E-state index in [1.54, 1.807) is 42.7 Å². The lowest BCUT2D eigenvalue weighted by Crippen LogP contribution is -2.05. The van der Waals surface area contributed by atoms with Crippen LogP contribution >= 0.6 is 15.9 Å². The van der Waals surface area contributed by atoms with Crippen LogP contribution < -0.4 is 0 Å². The maximum atomic E-state index is 14.0. The Hall–Kier alpha value is -2.14. The second-order valence-electron chi connectivity index (χ2n) is 4.19. The number of fused-ring (bicyclic) bond motifs is 1. The molecule has 0 aliphatic carbocycles. The van der Waals surface area contributed by atoms with E-state index in [-0.39, 0.29) is 15.8 Å². The van der Waals surface area contributed by atoms with E-state index >= 15 is 0 Å². The average Bonchev–Trinajstić information content (AvgIpc) is 2.49.